The predicted octanol–water partition coefficient (Wildman–Crippen LogP) is 1.55. The molecule has 0 saturated carbocycles. The highest BCUT2D eigenvalue weighted by atomic mass is 19.1. The lowest BCUT2D eigenvalue weighted by molar-refractivity contribution is -0.120. The van der Waals surface area contributed by atoms with Gasteiger partial charge in [0.05, 0.1) is 6.20 Å². The maximum absolute atomic E-state index is 13.0. The molecule has 0 aliphatic carbocycles. The number of hydrogen-bond acceptors (Lipinski definition) is 4. The number of carbonyl (C=O) groups excluding carboxylic acids is 2. The summed E-state index contributed by atoms with van der Waals surface area (Å²) < 4.78 is 20.2. The molecule has 0 spiro atoms. The van der Waals surface area contributed by atoms with Crippen LogP contribution in [-0.4, -0.2) is 40.9 Å². The van der Waals surface area contributed by atoms with Crippen molar-refractivity contribution in [2.75, 3.05) is 19.6 Å². The Morgan fingerprint density at radius 1 is 1.21 bits per heavy atom. The van der Waals surface area contributed by atoms with Crippen LogP contribution in [0.15, 0.2) is 41.3 Å². The lowest BCUT2D eigenvalue weighted by Crippen LogP contribution is -2.45. The smallest absolute Gasteiger partial charge is 0.270 e. The molecule has 0 fully saturated rings. The number of nitrogens with zero attached hydrogens (tertiary/aromatic N) is 2. The summed E-state index contributed by atoms with van der Waals surface area (Å²) >= 11 is 0. The van der Waals surface area contributed by atoms with Crippen molar-refractivity contribution in [1.29, 1.82) is 0 Å². The van der Waals surface area contributed by atoms with Crippen LogP contribution in [0.2, 0.25) is 0 Å². The van der Waals surface area contributed by atoms with Crippen LogP contribution >= 0.6 is 0 Å². The average Bonchev–Trinajstić information content (AvgIpc) is 2.69. The van der Waals surface area contributed by atoms with Gasteiger partial charge in [-0.05, 0) is 17.7 Å². The zero-order valence-corrected chi connectivity index (χ0v) is 15.6. The van der Waals surface area contributed by atoms with E-state index in [1.54, 1.807) is 28.5 Å². The fourth-order valence-electron chi connectivity index (χ4n) is 2.93. The minimum Gasteiger partial charge on any atom is -0.483 e. The molecule has 2 aromatic rings. The Morgan fingerprint density at radius 3 is 2.68 bits per heavy atom. The Bertz CT molecular complexity index is 924. The number of rotatable bonds is 7. The molecule has 2 amide bonds. The maximum atomic E-state index is 13.0. The number of fused-ring (bicyclic) bond motifs is 1. The SMILES string of the molecule is CCC(=O)NCCN1CCn2cc(OCc3ccc(F)cc3)c(=O)cc2C1=O. The highest BCUT2D eigenvalue weighted by Gasteiger charge is 2.25. The van der Waals surface area contributed by atoms with E-state index in [4.69, 9.17) is 4.74 Å². The highest BCUT2D eigenvalue weighted by Crippen LogP contribution is 2.15. The second kappa shape index (κ2) is 8.69. The van der Waals surface area contributed by atoms with Gasteiger partial charge in [0.2, 0.25) is 11.3 Å². The predicted molar refractivity (Wildman–Crippen MR) is 101 cm³/mol. The van der Waals surface area contributed by atoms with Crippen molar-refractivity contribution < 1.29 is 18.7 Å². The van der Waals surface area contributed by atoms with Gasteiger partial charge in [0, 0.05) is 38.7 Å². The Morgan fingerprint density at radius 2 is 1.96 bits per heavy atom. The first-order valence-electron chi connectivity index (χ1n) is 9.15. The molecule has 7 nitrogen and oxygen atoms in total. The van der Waals surface area contributed by atoms with Crippen LogP contribution in [0.3, 0.4) is 0 Å². The summed E-state index contributed by atoms with van der Waals surface area (Å²) in [6.07, 6.45) is 1.93. The van der Waals surface area contributed by atoms with E-state index in [-0.39, 0.29) is 35.4 Å². The minimum atomic E-state index is -0.386. The third kappa shape index (κ3) is 4.57. The van der Waals surface area contributed by atoms with Gasteiger partial charge in [0.15, 0.2) is 5.75 Å². The van der Waals surface area contributed by atoms with E-state index in [1.807, 2.05) is 0 Å². The summed E-state index contributed by atoms with van der Waals surface area (Å²) in [6, 6.07) is 7.11. The monoisotopic (exact) mass is 387 g/mol. The summed E-state index contributed by atoms with van der Waals surface area (Å²) in [4.78, 5) is 37.9. The molecular formula is C20H22FN3O4. The molecule has 0 bridgehead atoms. The molecule has 0 atom stereocenters. The number of nitrogens with one attached hydrogen (secondary N) is 1. The second-order valence-electron chi connectivity index (χ2n) is 6.49. The van der Waals surface area contributed by atoms with Crippen LogP contribution in [0.4, 0.5) is 4.39 Å². The van der Waals surface area contributed by atoms with E-state index in [0.29, 0.717) is 38.3 Å². The molecule has 28 heavy (non-hydrogen) atoms. The molecule has 1 N–H and O–H groups in total. The fourth-order valence-corrected chi connectivity index (χ4v) is 2.93. The van der Waals surface area contributed by atoms with E-state index < -0.39 is 0 Å². The minimum absolute atomic E-state index is 0.0657. The standard InChI is InChI=1S/C20H22FN3O4/c1-2-19(26)22-7-8-23-9-10-24-12-18(17(25)11-16(24)20(23)27)28-13-14-3-5-15(21)6-4-14/h3-6,11-12H,2,7-10,13H2,1H3,(H,22,26). The van der Waals surface area contributed by atoms with Gasteiger partial charge in [0.25, 0.3) is 5.91 Å². The largest absolute Gasteiger partial charge is 0.483 e. The van der Waals surface area contributed by atoms with Gasteiger partial charge in [0.1, 0.15) is 18.1 Å². The third-order valence-electron chi connectivity index (χ3n) is 4.54. The highest BCUT2D eigenvalue weighted by molar-refractivity contribution is 5.93. The van der Waals surface area contributed by atoms with Gasteiger partial charge in [-0.25, -0.2) is 4.39 Å². The number of amides is 2. The van der Waals surface area contributed by atoms with Gasteiger partial charge in [-0.15, -0.1) is 0 Å². The van der Waals surface area contributed by atoms with Crippen molar-refractivity contribution in [2.24, 2.45) is 0 Å². The lowest BCUT2D eigenvalue weighted by atomic mass is 10.2. The quantitative estimate of drug-likeness (QED) is 0.782. The summed E-state index contributed by atoms with van der Waals surface area (Å²) in [6.45, 7) is 3.67. The molecule has 2 heterocycles. The molecule has 3 rings (SSSR count). The van der Waals surface area contributed by atoms with Crippen molar-refractivity contribution >= 4 is 11.8 Å². The first-order chi connectivity index (χ1) is 13.5. The number of ether oxygens (including phenoxy) is 1. The fraction of sp³-hybridized carbons (Fsp3) is 0.350. The molecule has 1 aromatic carbocycles. The number of carbonyl (C=O) groups is 2. The number of halogens is 1. The van der Waals surface area contributed by atoms with Gasteiger partial charge in [-0.1, -0.05) is 19.1 Å². The first kappa shape index (κ1) is 19.6. The molecular weight excluding hydrogens is 365 g/mol. The Labute approximate surface area is 161 Å². The van der Waals surface area contributed by atoms with Crippen LogP contribution in [0.1, 0.15) is 29.4 Å². The first-order valence-corrected chi connectivity index (χ1v) is 9.15. The van der Waals surface area contributed by atoms with E-state index in [1.165, 1.54) is 24.4 Å². The summed E-state index contributed by atoms with van der Waals surface area (Å²) in [5.74, 6) is -0.511. The molecule has 0 unspecified atom stereocenters. The molecule has 1 aliphatic rings. The van der Waals surface area contributed by atoms with E-state index in [2.05, 4.69) is 5.32 Å². The summed E-state index contributed by atoms with van der Waals surface area (Å²) in [5, 5.41) is 2.74. The van der Waals surface area contributed by atoms with Crippen LogP contribution in [0, 0.1) is 5.82 Å². The van der Waals surface area contributed by atoms with Gasteiger partial charge < -0.3 is 19.5 Å². The van der Waals surface area contributed by atoms with Crippen LogP contribution in [-0.2, 0) is 17.9 Å². The maximum Gasteiger partial charge on any atom is 0.270 e. The molecule has 0 radical (unpaired) electrons. The van der Waals surface area contributed by atoms with E-state index >= 15 is 0 Å². The van der Waals surface area contributed by atoms with Gasteiger partial charge >= 0.3 is 0 Å². The van der Waals surface area contributed by atoms with E-state index in [0.717, 1.165) is 5.56 Å². The van der Waals surface area contributed by atoms with Crippen LogP contribution in [0.25, 0.3) is 0 Å². The number of hydrogen-bond donors (Lipinski definition) is 1. The average molecular weight is 387 g/mol. The van der Waals surface area contributed by atoms with E-state index in [9.17, 15) is 18.8 Å². The second-order valence-corrected chi connectivity index (χ2v) is 6.49. The van der Waals surface area contributed by atoms with Crippen molar-refractivity contribution in [3.8, 4) is 5.75 Å². The van der Waals surface area contributed by atoms with Crippen molar-refractivity contribution in [3.05, 3.63) is 63.8 Å². The Balaban J connectivity index is 1.66. The van der Waals surface area contributed by atoms with Gasteiger partial charge in [-0.2, -0.15) is 0 Å². The van der Waals surface area contributed by atoms with Crippen molar-refractivity contribution in [3.63, 3.8) is 0 Å². The molecule has 1 aliphatic heterocycles. The van der Waals surface area contributed by atoms with Crippen LogP contribution in [0.5, 0.6) is 5.75 Å². The molecule has 1 aromatic heterocycles. The van der Waals surface area contributed by atoms with Crippen molar-refractivity contribution in [2.45, 2.75) is 26.5 Å². The zero-order valence-electron chi connectivity index (χ0n) is 15.6. The Hall–Kier alpha value is -3.16. The third-order valence-corrected chi connectivity index (χ3v) is 4.54. The number of benzene rings is 1. The molecule has 0 saturated heterocycles. The lowest BCUT2D eigenvalue weighted by Gasteiger charge is -2.30. The van der Waals surface area contributed by atoms with Crippen molar-refractivity contribution in [1.82, 2.24) is 14.8 Å². The summed E-state index contributed by atoms with van der Waals surface area (Å²) in [5.41, 5.74) is 0.648. The normalized spacial score (nSPS) is 13.2. The van der Waals surface area contributed by atoms with Crippen LogP contribution < -0.4 is 15.5 Å². The zero-order chi connectivity index (χ0) is 20.1. The number of pyridine rings is 1. The topological polar surface area (TPSA) is 80.6 Å². The Kier molecular flexibility index (Phi) is 6.08. The summed E-state index contributed by atoms with van der Waals surface area (Å²) in [7, 11) is 0. The number of aromatic nitrogens is 1. The molecule has 148 valence electrons. The van der Waals surface area contributed by atoms with Gasteiger partial charge in [-0.3, -0.25) is 14.4 Å². The molecule has 8 heteroatoms.